The third kappa shape index (κ3) is 4.01. The molecule has 2 aliphatic heterocycles. The molecule has 1 aromatic heterocycles. The molecular formula is C30H26N2O5S. The SMILES string of the molecule is CCOc1ccc2nc(N3C(=O)C(=O)/C(=C(/O)c4ccc5c(c4)C[C@H](C)O5)[C@@H]3c3ccc(C)cc3)sc2c1. The fourth-order valence-corrected chi connectivity index (χ4v) is 6.09. The number of hydrogen-bond donors (Lipinski definition) is 1. The molecule has 6 rings (SSSR count). The van der Waals surface area contributed by atoms with Gasteiger partial charge < -0.3 is 14.6 Å². The monoisotopic (exact) mass is 526 g/mol. The first kappa shape index (κ1) is 24.2. The van der Waals surface area contributed by atoms with Crippen molar-refractivity contribution in [2.45, 2.75) is 39.3 Å². The second-order valence-electron chi connectivity index (χ2n) is 9.59. The largest absolute Gasteiger partial charge is 0.507 e. The zero-order chi connectivity index (χ0) is 26.6. The zero-order valence-corrected chi connectivity index (χ0v) is 22.0. The molecule has 0 saturated carbocycles. The number of Topliss-reactive ketones (excluding diaryl/α,β-unsaturated/α-hetero) is 1. The van der Waals surface area contributed by atoms with Gasteiger partial charge in [0.15, 0.2) is 5.13 Å². The van der Waals surface area contributed by atoms with Gasteiger partial charge in [0, 0.05) is 12.0 Å². The average Bonchev–Trinajstić information content (AvgIpc) is 3.56. The summed E-state index contributed by atoms with van der Waals surface area (Å²) >= 11 is 1.31. The maximum atomic E-state index is 13.5. The van der Waals surface area contributed by atoms with Gasteiger partial charge in [0.25, 0.3) is 5.78 Å². The molecule has 0 spiro atoms. The first-order valence-electron chi connectivity index (χ1n) is 12.5. The maximum Gasteiger partial charge on any atom is 0.301 e. The van der Waals surface area contributed by atoms with E-state index in [4.69, 9.17) is 14.5 Å². The summed E-state index contributed by atoms with van der Waals surface area (Å²) in [6, 6.07) is 17.7. The van der Waals surface area contributed by atoms with Crippen LogP contribution in [0.2, 0.25) is 0 Å². The number of carbonyl (C=O) groups is 2. The van der Waals surface area contributed by atoms with E-state index < -0.39 is 17.7 Å². The van der Waals surface area contributed by atoms with Gasteiger partial charge in [-0.2, -0.15) is 0 Å². The van der Waals surface area contributed by atoms with E-state index in [-0.39, 0.29) is 17.4 Å². The molecule has 1 amide bonds. The Morgan fingerprint density at radius 1 is 1.13 bits per heavy atom. The normalized spacial score (nSPS) is 20.1. The minimum absolute atomic E-state index is 0.0417. The number of aryl methyl sites for hydroxylation is 1. The lowest BCUT2D eigenvalue weighted by Gasteiger charge is -2.23. The quantitative estimate of drug-likeness (QED) is 0.196. The number of aromatic nitrogens is 1. The number of hydrogen-bond acceptors (Lipinski definition) is 7. The third-order valence-corrected chi connectivity index (χ3v) is 7.89. The number of aliphatic hydroxyl groups excluding tert-OH is 1. The molecule has 1 fully saturated rings. The van der Waals surface area contributed by atoms with Crippen molar-refractivity contribution < 1.29 is 24.2 Å². The number of carbonyl (C=O) groups excluding carboxylic acids is 2. The predicted octanol–water partition coefficient (Wildman–Crippen LogP) is 5.95. The predicted molar refractivity (Wildman–Crippen MR) is 147 cm³/mol. The first-order valence-corrected chi connectivity index (χ1v) is 13.4. The Labute approximate surface area is 224 Å². The fraction of sp³-hybridized carbons (Fsp3) is 0.233. The Kier molecular flexibility index (Phi) is 5.91. The van der Waals surface area contributed by atoms with E-state index in [1.54, 1.807) is 12.1 Å². The number of nitrogens with zero attached hydrogens (tertiary/aromatic N) is 2. The Morgan fingerprint density at radius 3 is 2.68 bits per heavy atom. The van der Waals surface area contributed by atoms with Gasteiger partial charge in [-0.1, -0.05) is 41.2 Å². The van der Waals surface area contributed by atoms with Crippen molar-refractivity contribution in [2.75, 3.05) is 11.5 Å². The second kappa shape index (κ2) is 9.29. The molecule has 0 aliphatic carbocycles. The number of thiazole rings is 1. The first-order chi connectivity index (χ1) is 18.3. The highest BCUT2D eigenvalue weighted by Crippen LogP contribution is 2.45. The summed E-state index contributed by atoms with van der Waals surface area (Å²) in [5.74, 6) is -0.196. The molecule has 8 heteroatoms. The van der Waals surface area contributed by atoms with Gasteiger partial charge >= 0.3 is 5.91 Å². The van der Waals surface area contributed by atoms with Crippen molar-refractivity contribution in [3.63, 3.8) is 0 Å². The smallest absolute Gasteiger partial charge is 0.301 e. The molecule has 1 saturated heterocycles. The van der Waals surface area contributed by atoms with Crippen LogP contribution >= 0.6 is 11.3 Å². The highest BCUT2D eigenvalue weighted by molar-refractivity contribution is 7.22. The number of ketones is 1. The number of anilines is 1. The van der Waals surface area contributed by atoms with E-state index in [1.165, 1.54) is 16.2 Å². The van der Waals surface area contributed by atoms with Crippen LogP contribution in [-0.4, -0.2) is 34.5 Å². The molecule has 4 aromatic rings. The standard InChI is InChI=1S/C30H26N2O5S/c1-4-36-21-10-11-22-24(15-21)38-30(31-22)32-26(18-7-5-16(2)6-8-18)25(28(34)29(32)35)27(33)19-9-12-23-20(14-19)13-17(3)37-23/h5-12,14-15,17,26,33H,4,13H2,1-3H3/b27-25+/t17-,26-/m0/s1. The summed E-state index contributed by atoms with van der Waals surface area (Å²) in [6.45, 7) is 6.40. The van der Waals surface area contributed by atoms with Crippen molar-refractivity contribution in [1.82, 2.24) is 4.98 Å². The van der Waals surface area contributed by atoms with Gasteiger partial charge in [-0.05, 0) is 68.3 Å². The molecule has 3 aromatic carbocycles. The minimum Gasteiger partial charge on any atom is -0.507 e. The summed E-state index contributed by atoms with van der Waals surface area (Å²) in [6.07, 6.45) is 0.754. The van der Waals surface area contributed by atoms with Crippen molar-refractivity contribution in [1.29, 1.82) is 0 Å². The highest BCUT2D eigenvalue weighted by Gasteiger charge is 2.48. The second-order valence-corrected chi connectivity index (χ2v) is 10.6. The zero-order valence-electron chi connectivity index (χ0n) is 21.2. The molecular weight excluding hydrogens is 500 g/mol. The lowest BCUT2D eigenvalue weighted by Crippen LogP contribution is -2.29. The molecule has 1 N–H and O–H groups in total. The average molecular weight is 527 g/mol. The highest BCUT2D eigenvalue weighted by atomic mass is 32.1. The Morgan fingerprint density at radius 2 is 1.92 bits per heavy atom. The van der Waals surface area contributed by atoms with Crippen molar-refractivity contribution in [3.8, 4) is 11.5 Å². The van der Waals surface area contributed by atoms with Crippen molar-refractivity contribution in [3.05, 3.63) is 88.5 Å². The molecule has 2 atom stereocenters. The topological polar surface area (TPSA) is 89.0 Å². The summed E-state index contributed by atoms with van der Waals surface area (Å²) < 4.78 is 12.2. The van der Waals surface area contributed by atoms with Crippen molar-refractivity contribution >= 4 is 44.1 Å². The van der Waals surface area contributed by atoms with E-state index in [2.05, 4.69) is 0 Å². The summed E-state index contributed by atoms with van der Waals surface area (Å²) in [5.41, 5.74) is 3.93. The number of ether oxygens (including phenoxy) is 2. The molecule has 3 heterocycles. The van der Waals surface area contributed by atoms with Crippen LogP contribution in [-0.2, 0) is 16.0 Å². The Bertz CT molecular complexity index is 1620. The van der Waals surface area contributed by atoms with Gasteiger partial charge in [-0.25, -0.2) is 4.98 Å². The van der Waals surface area contributed by atoms with Crippen LogP contribution in [0.1, 0.15) is 42.1 Å². The third-order valence-electron chi connectivity index (χ3n) is 6.87. The van der Waals surface area contributed by atoms with E-state index in [0.29, 0.717) is 40.6 Å². The number of benzene rings is 3. The molecule has 38 heavy (non-hydrogen) atoms. The summed E-state index contributed by atoms with van der Waals surface area (Å²) in [7, 11) is 0. The van der Waals surface area contributed by atoms with Crippen LogP contribution in [0.15, 0.2) is 66.2 Å². The molecule has 192 valence electrons. The van der Waals surface area contributed by atoms with Crippen LogP contribution in [0.25, 0.3) is 16.0 Å². The van der Waals surface area contributed by atoms with Gasteiger partial charge in [0.1, 0.15) is 23.4 Å². The van der Waals surface area contributed by atoms with Crippen LogP contribution in [0.5, 0.6) is 11.5 Å². The maximum absolute atomic E-state index is 13.5. The van der Waals surface area contributed by atoms with Crippen LogP contribution in [0.4, 0.5) is 5.13 Å². The van der Waals surface area contributed by atoms with E-state index in [9.17, 15) is 14.7 Å². The van der Waals surface area contributed by atoms with E-state index in [1.807, 2.05) is 69.3 Å². The molecule has 2 aliphatic rings. The van der Waals surface area contributed by atoms with E-state index in [0.717, 1.165) is 21.6 Å². The number of amides is 1. The molecule has 0 radical (unpaired) electrons. The molecule has 7 nitrogen and oxygen atoms in total. The van der Waals surface area contributed by atoms with Gasteiger partial charge in [-0.15, -0.1) is 0 Å². The van der Waals surface area contributed by atoms with Crippen LogP contribution < -0.4 is 14.4 Å². The lowest BCUT2D eigenvalue weighted by atomic mass is 9.94. The Balaban J connectivity index is 1.50. The van der Waals surface area contributed by atoms with Crippen molar-refractivity contribution in [2.24, 2.45) is 0 Å². The van der Waals surface area contributed by atoms with Gasteiger partial charge in [-0.3, -0.25) is 14.5 Å². The Hall–Kier alpha value is -4.17. The number of aliphatic hydroxyl groups is 1. The molecule has 0 unspecified atom stereocenters. The number of fused-ring (bicyclic) bond motifs is 2. The van der Waals surface area contributed by atoms with Crippen LogP contribution in [0, 0.1) is 6.92 Å². The lowest BCUT2D eigenvalue weighted by molar-refractivity contribution is -0.132. The minimum atomic E-state index is -0.828. The molecule has 0 bridgehead atoms. The van der Waals surface area contributed by atoms with E-state index >= 15 is 0 Å². The van der Waals surface area contributed by atoms with Gasteiger partial charge in [0.2, 0.25) is 0 Å². The summed E-state index contributed by atoms with van der Waals surface area (Å²) in [5, 5.41) is 11.9. The number of rotatable bonds is 5. The van der Waals surface area contributed by atoms with Gasteiger partial charge in [0.05, 0.1) is 28.4 Å². The summed E-state index contributed by atoms with van der Waals surface area (Å²) in [4.78, 5) is 33.1. The fourth-order valence-electron chi connectivity index (χ4n) is 5.07. The van der Waals surface area contributed by atoms with Crippen LogP contribution in [0.3, 0.4) is 0 Å².